The molecule has 0 N–H and O–H groups in total. The van der Waals surface area contributed by atoms with Crippen LogP contribution in [0.25, 0.3) is 27.4 Å². The predicted molar refractivity (Wildman–Crippen MR) is 105 cm³/mol. The maximum Gasteiger partial charge on any atom is 0.228 e. The molecule has 3 aromatic rings. The molecule has 130 valence electrons. The molecule has 1 aliphatic carbocycles. The topological polar surface area (TPSA) is 39.6 Å². The fourth-order valence-electron chi connectivity index (χ4n) is 3.34. The zero-order valence-electron chi connectivity index (χ0n) is 14.5. The number of benzene rings is 2. The van der Waals surface area contributed by atoms with Gasteiger partial charge >= 0.3 is 0 Å². The molecule has 0 unspecified atom stereocenters. The second-order valence-electron chi connectivity index (χ2n) is 6.60. The van der Waals surface area contributed by atoms with Crippen LogP contribution in [0.5, 0.6) is 5.75 Å². The van der Waals surface area contributed by atoms with Crippen molar-refractivity contribution < 1.29 is 9.26 Å². The lowest BCUT2D eigenvalue weighted by atomic mass is 9.88. The van der Waals surface area contributed by atoms with Crippen molar-refractivity contribution in [3.8, 4) is 28.3 Å². The van der Waals surface area contributed by atoms with Gasteiger partial charge in [-0.05, 0) is 56.5 Å². The number of ether oxygens (including phenoxy) is 1. The highest BCUT2D eigenvalue weighted by molar-refractivity contribution is 9.10. The van der Waals surface area contributed by atoms with Crippen LogP contribution in [0.2, 0.25) is 0 Å². The Morgan fingerprint density at radius 1 is 1.19 bits per heavy atom. The van der Waals surface area contributed by atoms with Gasteiger partial charge in [0, 0.05) is 21.2 Å². The van der Waals surface area contributed by atoms with E-state index in [1.165, 1.54) is 5.56 Å². The Morgan fingerprint density at radius 3 is 2.81 bits per heavy atom. The van der Waals surface area contributed by atoms with Crippen LogP contribution in [0.1, 0.15) is 25.0 Å². The van der Waals surface area contributed by atoms with Gasteiger partial charge in [-0.3, -0.25) is 0 Å². The van der Waals surface area contributed by atoms with Gasteiger partial charge < -0.3 is 9.26 Å². The summed E-state index contributed by atoms with van der Waals surface area (Å²) in [7, 11) is 0. The van der Waals surface area contributed by atoms with E-state index in [9.17, 15) is 0 Å². The normalized spacial score (nSPS) is 12.4. The first-order valence-electron chi connectivity index (χ1n) is 8.52. The average molecular weight is 409 g/mol. The Morgan fingerprint density at radius 2 is 2.04 bits per heavy atom. The van der Waals surface area contributed by atoms with Crippen molar-refractivity contribution >= 4 is 21.6 Å². The Labute approximate surface area is 160 Å². The molecule has 1 aromatic heterocycles. The fourth-order valence-corrected chi connectivity index (χ4v) is 3.75. The minimum absolute atomic E-state index is 0.0233. The summed E-state index contributed by atoms with van der Waals surface area (Å²) in [6.45, 7) is 11.3. The van der Waals surface area contributed by atoms with Gasteiger partial charge in [0.05, 0.1) is 12.7 Å². The van der Waals surface area contributed by atoms with Crippen molar-refractivity contribution in [2.75, 3.05) is 0 Å². The Hall–Kier alpha value is -2.58. The summed E-state index contributed by atoms with van der Waals surface area (Å²) in [5.41, 5.74) is 5.75. The molecule has 0 atom stereocenters. The summed E-state index contributed by atoms with van der Waals surface area (Å²) in [6.07, 6.45) is 1.84. The van der Waals surface area contributed by atoms with Gasteiger partial charge in [0.1, 0.15) is 11.4 Å². The van der Waals surface area contributed by atoms with E-state index >= 15 is 0 Å². The SMILES string of the molecule is [C-]#[N+]c1cc(-c2onc3c2CCc2cc(Br)ccc2-3)ccc1OC(C)C. The number of fused-ring (bicyclic) bond motifs is 3. The summed E-state index contributed by atoms with van der Waals surface area (Å²) in [6, 6.07) is 11.8. The Kier molecular flexibility index (Phi) is 4.29. The van der Waals surface area contributed by atoms with Crippen molar-refractivity contribution in [2.45, 2.75) is 32.8 Å². The monoisotopic (exact) mass is 408 g/mol. The van der Waals surface area contributed by atoms with Crippen molar-refractivity contribution in [1.29, 1.82) is 0 Å². The minimum Gasteiger partial charge on any atom is -0.502 e. The maximum atomic E-state index is 7.45. The van der Waals surface area contributed by atoms with Gasteiger partial charge in [-0.2, -0.15) is 0 Å². The van der Waals surface area contributed by atoms with E-state index in [1.807, 2.05) is 38.1 Å². The van der Waals surface area contributed by atoms with Crippen LogP contribution in [-0.4, -0.2) is 11.3 Å². The first-order chi connectivity index (χ1) is 12.6. The van der Waals surface area contributed by atoms with Crippen LogP contribution in [-0.2, 0) is 12.8 Å². The van der Waals surface area contributed by atoms with E-state index in [-0.39, 0.29) is 6.10 Å². The molecular weight excluding hydrogens is 392 g/mol. The Balaban J connectivity index is 1.78. The van der Waals surface area contributed by atoms with Crippen LogP contribution >= 0.6 is 15.9 Å². The third-order valence-corrected chi connectivity index (χ3v) is 4.95. The molecule has 1 heterocycles. The highest BCUT2D eigenvalue weighted by atomic mass is 79.9. The van der Waals surface area contributed by atoms with Crippen molar-refractivity contribution in [1.82, 2.24) is 5.16 Å². The third-order valence-electron chi connectivity index (χ3n) is 4.46. The molecule has 0 radical (unpaired) electrons. The highest BCUT2D eigenvalue weighted by Gasteiger charge is 2.25. The van der Waals surface area contributed by atoms with Gasteiger partial charge in [0.2, 0.25) is 5.69 Å². The largest absolute Gasteiger partial charge is 0.502 e. The average Bonchev–Trinajstić information content (AvgIpc) is 3.05. The second kappa shape index (κ2) is 6.62. The predicted octanol–water partition coefficient (Wildman–Crippen LogP) is 6.21. The van der Waals surface area contributed by atoms with Crippen LogP contribution in [0, 0.1) is 6.57 Å². The van der Waals surface area contributed by atoms with Crippen molar-refractivity contribution in [2.24, 2.45) is 0 Å². The minimum atomic E-state index is 0.0233. The highest BCUT2D eigenvalue weighted by Crippen LogP contribution is 2.41. The number of nitrogens with zero attached hydrogens (tertiary/aromatic N) is 2. The van der Waals surface area contributed by atoms with Crippen LogP contribution in [0.15, 0.2) is 45.4 Å². The fraction of sp³-hybridized carbons (Fsp3) is 0.238. The Bertz CT molecular complexity index is 1030. The summed E-state index contributed by atoms with van der Waals surface area (Å²) in [4.78, 5) is 3.61. The standard InChI is InChI=1S/C21H17BrN2O2/c1-12(2)25-19-9-5-14(11-18(19)23-3)21-17-7-4-13-10-15(22)6-8-16(13)20(17)24-26-21/h5-6,8-12H,4,7H2,1-2H3. The lowest BCUT2D eigenvalue weighted by Gasteiger charge is -2.16. The molecule has 4 nitrogen and oxygen atoms in total. The summed E-state index contributed by atoms with van der Waals surface area (Å²) in [5.74, 6) is 1.34. The van der Waals surface area contributed by atoms with Gasteiger partial charge in [0.25, 0.3) is 0 Å². The van der Waals surface area contributed by atoms with E-state index in [2.05, 4.69) is 38.1 Å². The lowest BCUT2D eigenvalue weighted by Crippen LogP contribution is -2.05. The first kappa shape index (κ1) is 16.9. The molecule has 4 rings (SSSR count). The van der Waals surface area contributed by atoms with Crippen LogP contribution < -0.4 is 4.74 Å². The molecule has 2 aromatic carbocycles. The molecular formula is C21H17BrN2O2. The quantitative estimate of drug-likeness (QED) is 0.483. The van der Waals surface area contributed by atoms with Crippen molar-refractivity contribution in [3.05, 3.63) is 63.4 Å². The van der Waals surface area contributed by atoms with E-state index in [4.69, 9.17) is 15.8 Å². The molecule has 0 spiro atoms. The van der Waals surface area contributed by atoms with E-state index < -0.39 is 0 Å². The third kappa shape index (κ3) is 2.91. The van der Waals surface area contributed by atoms with Crippen LogP contribution in [0.3, 0.4) is 0 Å². The first-order valence-corrected chi connectivity index (χ1v) is 9.32. The van der Waals surface area contributed by atoms with E-state index in [0.29, 0.717) is 11.4 Å². The number of rotatable bonds is 3. The molecule has 0 amide bonds. The smallest absolute Gasteiger partial charge is 0.228 e. The molecule has 0 saturated heterocycles. The summed E-state index contributed by atoms with van der Waals surface area (Å²) >= 11 is 3.53. The maximum absolute atomic E-state index is 7.45. The number of aromatic nitrogens is 1. The molecule has 0 bridgehead atoms. The number of hydrogen-bond acceptors (Lipinski definition) is 3. The molecule has 1 aliphatic rings. The van der Waals surface area contributed by atoms with Gasteiger partial charge in [-0.25, -0.2) is 4.85 Å². The molecule has 5 heteroatoms. The van der Waals surface area contributed by atoms with Crippen LogP contribution in [0.4, 0.5) is 5.69 Å². The van der Waals surface area contributed by atoms with Crippen molar-refractivity contribution in [3.63, 3.8) is 0 Å². The number of hydrogen-bond donors (Lipinski definition) is 0. The summed E-state index contributed by atoms with van der Waals surface area (Å²) in [5, 5.41) is 4.33. The van der Waals surface area contributed by atoms with Gasteiger partial charge in [-0.1, -0.05) is 33.2 Å². The number of halogens is 1. The lowest BCUT2D eigenvalue weighted by molar-refractivity contribution is 0.244. The zero-order valence-corrected chi connectivity index (χ0v) is 16.1. The molecule has 26 heavy (non-hydrogen) atoms. The summed E-state index contributed by atoms with van der Waals surface area (Å²) < 4.78 is 12.5. The van der Waals surface area contributed by atoms with Gasteiger partial charge in [0.15, 0.2) is 5.76 Å². The van der Waals surface area contributed by atoms with Gasteiger partial charge in [-0.15, -0.1) is 0 Å². The molecule has 0 aliphatic heterocycles. The number of aryl methyl sites for hydroxylation is 1. The molecule has 0 fully saturated rings. The van der Waals surface area contributed by atoms with E-state index in [1.54, 1.807) is 0 Å². The van der Waals surface area contributed by atoms with E-state index in [0.717, 1.165) is 45.5 Å². The zero-order chi connectivity index (χ0) is 18.3. The second-order valence-corrected chi connectivity index (χ2v) is 7.52. The molecule has 0 saturated carbocycles.